The molecule has 0 unspecified atom stereocenters. The van der Waals surface area contributed by atoms with E-state index in [1.165, 1.54) is 55.2 Å². The van der Waals surface area contributed by atoms with Gasteiger partial charge in [-0.2, -0.15) is 0 Å². The molecular formula is C56H40N2O. The fourth-order valence-corrected chi connectivity index (χ4v) is 9.19. The number of aryl methyl sites for hydroxylation is 2. The molecule has 280 valence electrons. The van der Waals surface area contributed by atoms with E-state index in [1.54, 1.807) is 0 Å². The van der Waals surface area contributed by atoms with Crippen molar-refractivity contribution in [3.05, 3.63) is 217 Å². The van der Waals surface area contributed by atoms with Crippen LogP contribution in [-0.4, -0.2) is 4.57 Å². The van der Waals surface area contributed by atoms with Crippen molar-refractivity contribution in [1.29, 1.82) is 0 Å². The number of rotatable bonds is 7. The Morgan fingerprint density at radius 1 is 0.407 bits per heavy atom. The van der Waals surface area contributed by atoms with Gasteiger partial charge in [0, 0.05) is 49.7 Å². The summed E-state index contributed by atoms with van der Waals surface area (Å²) in [6, 6.07) is 74.3. The quantitative estimate of drug-likeness (QED) is 0.161. The normalized spacial score (nSPS) is 11.6. The summed E-state index contributed by atoms with van der Waals surface area (Å²) in [5.74, 6) is 0. The molecule has 0 atom stereocenters. The zero-order valence-corrected chi connectivity index (χ0v) is 32.9. The van der Waals surface area contributed by atoms with E-state index in [0.717, 1.165) is 55.8 Å². The molecule has 0 aliphatic carbocycles. The Kier molecular flexibility index (Phi) is 8.27. The molecule has 0 aliphatic rings. The van der Waals surface area contributed by atoms with Gasteiger partial charge in [-0.15, -0.1) is 0 Å². The van der Waals surface area contributed by atoms with Gasteiger partial charge in [-0.05, 0) is 102 Å². The molecule has 9 aromatic carbocycles. The summed E-state index contributed by atoms with van der Waals surface area (Å²) in [7, 11) is 0. The van der Waals surface area contributed by atoms with Crippen LogP contribution in [0, 0.1) is 13.8 Å². The topological polar surface area (TPSA) is 21.3 Å². The maximum absolute atomic E-state index is 6.89. The Labute approximate surface area is 343 Å². The lowest BCUT2D eigenvalue weighted by Crippen LogP contribution is -2.12. The largest absolute Gasteiger partial charge is 0.455 e. The summed E-state index contributed by atoms with van der Waals surface area (Å²) in [5.41, 5.74) is 17.8. The van der Waals surface area contributed by atoms with Gasteiger partial charge in [0.25, 0.3) is 0 Å². The summed E-state index contributed by atoms with van der Waals surface area (Å²) < 4.78 is 9.30. The van der Waals surface area contributed by atoms with Crippen molar-refractivity contribution in [3.8, 4) is 39.1 Å². The standard InChI is InChI=1S/C56H40N2O/c1-37-19-9-14-28-50(37)57(41-33-38(2)55(40-22-7-4-8-23-40)47(34-41)39-20-5-3-6-21-39)42-35-48(56-49(36-42)46-27-13-18-32-54(46)59-56)45-26-12-17-31-53(45)58-51-29-15-10-24-43(51)44-25-11-16-30-52(44)58/h3-36H,1-2H3. The smallest absolute Gasteiger partial charge is 0.143 e. The van der Waals surface area contributed by atoms with E-state index in [0.29, 0.717) is 0 Å². The first kappa shape index (κ1) is 34.6. The minimum Gasteiger partial charge on any atom is -0.455 e. The van der Waals surface area contributed by atoms with Gasteiger partial charge in [0.05, 0.1) is 16.7 Å². The van der Waals surface area contributed by atoms with Gasteiger partial charge >= 0.3 is 0 Å². The minimum atomic E-state index is 0.868. The van der Waals surface area contributed by atoms with Crippen molar-refractivity contribution in [2.75, 3.05) is 4.90 Å². The summed E-state index contributed by atoms with van der Waals surface area (Å²) in [6.07, 6.45) is 0. The average Bonchev–Trinajstić information content (AvgIpc) is 3.83. The lowest BCUT2D eigenvalue weighted by Gasteiger charge is -2.29. The van der Waals surface area contributed by atoms with Crippen molar-refractivity contribution in [2.45, 2.75) is 13.8 Å². The van der Waals surface area contributed by atoms with Crippen molar-refractivity contribution >= 4 is 60.8 Å². The molecule has 3 nitrogen and oxygen atoms in total. The summed E-state index contributed by atoms with van der Waals surface area (Å²) in [5, 5.41) is 4.62. The van der Waals surface area contributed by atoms with Crippen molar-refractivity contribution < 1.29 is 4.42 Å². The summed E-state index contributed by atoms with van der Waals surface area (Å²) >= 11 is 0. The van der Waals surface area contributed by atoms with E-state index in [4.69, 9.17) is 4.42 Å². The van der Waals surface area contributed by atoms with Gasteiger partial charge in [0.2, 0.25) is 0 Å². The first-order chi connectivity index (χ1) is 29.1. The highest BCUT2D eigenvalue weighted by Crippen LogP contribution is 2.48. The average molecular weight is 757 g/mol. The van der Waals surface area contributed by atoms with E-state index < -0.39 is 0 Å². The maximum Gasteiger partial charge on any atom is 0.143 e. The summed E-state index contributed by atoms with van der Waals surface area (Å²) in [4.78, 5) is 2.44. The fourth-order valence-electron chi connectivity index (χ4n) is 9.19. The van der Waals surface area contributed by atoms with Crippen LogP contribution in [0.3, 0.4) is 0 Å². The van der Waals surface area contributed by atoms with E-state index in [1.807, 2.05) is 0 Å². The number of hydrogen-bond donors (Lipinski definition) is 0. The molecule has 0 radical (unpaired) electrons. The second-order valence-electron chi connectivity index (χ2n) is 15.4. The molecule has 11 rings (SSSR count). The first-order valence-corrected chi connectivity index (χ1v) is 20.3. The van der Waals surface area contributed by atoms with Crippen LogP contribution in [0.1, 0.15) is 11.1 Å². The number of nitrogens with zero attached hydrogens (tertiary/aromatic N) is 2. The van der Waals surface area contributed by atoms with Crippen LogP contribution in [-0.2, 0) is 0 Å². The van der Waals surface area contributed by atoms with Gasteiger partial charge in [-0.1, -0.05) is 152 Å². The highest BCUT2D eigenvalue weighted by Gasteiger charge is 2.24. The Bertz CT molecular complexity index is 3300. The van der Waals surface area contributed by atoms with E-state index >= 15 is 0 Å². The second-order valence-corrected chi connectivity index (χ2v) is 15.4. The zero-order valence-electron chi connectivity index (χ0n) is 32.9. The molecule has 3 heteroatoms. The Hall–Kier alpha value is -7.62. The van der Waals surface area contributed by atoms with Crippen LogP contribution in [0.4, 0.5) is 17.1 Å². The molecule has 2 heterocycles. The molecule has 0 aliphatic heterocycles. The lowest BCUT2D eigenvalue weighted by molar-refractivity contribution is 0.670. The van der Waals surface area contributed by atoms with E-state index in [2.05, 4.69) is 230 Å². The molecule has 0 saturated carbocycles. The van der Waals surface area contributed by atoms with Crippen molar-refractivity contribution in [2.24, 2.45) is 0 Å². The molecule has 0 saturated heterocycles. The molecule has 0 spiro atoms. The number of hydrogen-bond acceptors (Lipinski definition) is 2. The number of fused-ring (bicyclic) bond motifs is 6. The molecular weight excluding hydrogens is 717 g/mol. The molecule has 59 heavy (non-hydrogen) atoms. The summed E-state index contributed by atoms with van der Waals surface area (Å²) in [6.45, 7) is 4.45. The van der Waals surface area contributed by atoms with Crippen LogP contribution in [0.5, 0.6) is 0 Å². The van der Waals surface area contributed by atoms with Crippen molar-refractivity contribution in [1.82, 2.24) is 4.57 Å². The fraction of sp³-hybridized carbons (Fsp3) is 0.0357. The number of furan rings is 1. The monoisotopic (exact) mass is 756 g/mol. The third kappa shape index (κ3) is 5.74. The zero-order chi connectivity index (χ0) is 39.5. The van der Waals surface area contributed by atoms with Gasteiger partial charge in [0.15, 0.2) is 0 Å². The SMILES string of the molecule is Cc1ccccc1N(c1cc(C)c(-c2ccccc2)c(-c2ccccc2)c1)c1cc(-c2ccccc2-n2c3ccccc3c3ccccc32)c2oc3ccccc3c2c1. The molecule has 0 fully saturated rings. The number of benzene rings is 9. The predicted octanol–water partition coefficient (Wildman–Crippen LogP) is 15.8. The second kappa shape index (κ2) is 14.1. The van der Waals surface area contributed by atoms with E-state index in [9.17, 15) is 0 Å². The third-order valence-corrected chi connectivity index (χ3v) is 11.8. The maximum atomic E-state index is 6.89. The van der Waals surface area contributed by atoms with Crippen LogP contribution >= 0.6 is 0 Å². The lowest BCUT2D eigenvalue weighted by atomic mass is 9.90. The molecule has 2 aromatic heterocycles. The van der Waals surface area contributed by atoms with Crippen LogP contribution in [0.25, 0.3) is 82.8 Å². The molecule has 0 N–H and O–H groups in total. The first-order valence-electron chi connectivity index (χ1n) is 20.3. The number of para-hydroxylation sites is 5. The minimum absolute atomic E-state index is 0.868. The van der Waals surface area contributed by atoms with E-state index in [-0.39, 0.29) is 0 Å². The van der Waals surface area contributed by atoms with Gasteiger partial charge in [0.1, 0.15) is 11.2 Å². The number of aromatic nitrogens is 1. The van der Waals surface area contributed by atoms with Gasteiger partial charge in [-0.25, -0.2) is 0 Å². The highest BCUT2D eigenvalue weighted by atomic mass is 16.3. The Balaban J connectivity index is 1.22. The molecule has 0 amide bonds. The Morgan fingerprint density at radius 2 is 0.966 bits per heavy atom. The van der Waals surface area contributed by atoms with Crippen molar-refractivity contribution in [3.63, 3.8) is 0 Å². The van der Waals surface area contributed by atoms with Crippen LogP contribution in [0.2, 0.25) is 0 Å². The Morgan fingerprint density at radius 3 is 1.69 bits per heavy atom. The van der Waals surface area contributed by atoms with Gasteiger partial charge in [-0.3, -0.25) is 0 Å². The van der Waals surface area contributed by atoms with Gasteiger partial charge < -0.3 is 13.9 Å². The van der Waals surface area contributed by atoms with Crippen LogP contribution in [0.15, 0.2) is 211 Å². The number of anilines is 3. The third-order valence-electron chi connectivity index (χ3n) is 11.8. The highest BCUT2D eigenvalue weighted by molar-refractivity contribution is 6.14. The van der Waals surface area contributed by atoms with Crippen LogP contribution < -0.4 is 4.90 Å². The predicted molar refractivity (Wildman–Crippen MR) is 249 cm³/mol. The molecule has 0 bridgehead atoms. The molecule has 11 aromatic rings.